The van der Waals surface area contributed by atoms with Crippen molar-refractivity contribution >= 4 is 111 Å². The van der Waals surface area contributed by atoms with Crippen molar-refractivity contribution in [1.29, 1.82) is 0 Å². The van der Waals surface area contributed by atoms with Crippen LogP contribution in [0.2, 0.25) is 0 Å². The molecule has 1 N–H and O–H groups in total. The Labute approximate surface area is 396 Å². The summed E-state index contributed by atoms with van der Waals surface area (Å²) >= 11 is 0. The molecule has 0 amide bonds. The van der Waals surface area contributed by atoms with Gasteiger partial charge in [-0.15, -0.1) is 0 Å². The molecule has 0 atom stereocenters. The molecular weight excluding hydrogens is 839 g/mol. The predicted molar refractivity (Wildman–Crippen MR) is 291 cm³/mol. The number of aromatic nitrogens is 2. The summed E-state index contributed by atoms with van der Waals surface area (Å²) in [5.41, 5.74) is 17.0. The fourth-order valence-electron chi connectivity index (χ4n) is 11.5. The second-order valence-electron chi connectivity index (χ2n) is 18.2. The van der Waals surface area contributed by atoms with Gasteiger partial charge >= 0.3 is 0 Å². The fraction of sp³-hybridized carbons (Fsp3) is 0. The van der Waals surface area contributed by atoms with Gasteiger partial charge in [-0.2, -0.15) is 0 Å². The van der Waals surface area contributed by atoms with Crippen LogP contribution in [-0.4, -0.2) is 21.0 Å². The Bertz CT molecular complexity index is 4430. The highest BCUT2D eigenvalue weighted by atomic mass is 15.0. The highest BCUT2D eigenvalue weighted by molar-refractivity contribution is 6.31. The zero-order valence-electron chi connectivity index (χ0n) is 37.2. The molecule has 0 radical (unpaired) electrons. The van der Waals surface area contributed by atoms with Crippen LogP contribution < -0.4 is 5.32 Å². The number of rotatable bonds is 3. The zero-order chi connectivity index (χ0) is 45.2. The van der Waals surface area contributed by atoms with Crippen molar-refractivity contribution in [3.05, 3.63) is 236 Å². The van der Waals surface area contributed by atoms with Crippen LogP contribution in [0.4, 0.5) is 17.1 Å². The van der Waals surface area contributed by atoms with E-state index in [4.69, 9.17) is 9.98 Å². The number of fused-ring (bicyclic) bond motifs is 18. The number of nitrogens with one attached hydrogen (secondary N) is 1. The number of aliphatic imine (C=N–C) groups is 2. The summed E-state index contributed by atoms with van der Waals surface area (Å²) in [4.78, 5) is 11.4. The standard InChI is InChI=1S/C64H39N5/c1-2-16-42(17-3-1)68-57-27-13-9-21-46(57)52-35-40(31-33-60(52)68)62-61-49-24-6-4-18-43(49)44-19-5-7-25-50(44)63(61)66-38-65-55-26-12-8-20-45(55)51-34-39(30-32-56(51)67-62)41-36-53-47-22-10-14-28-58(47)69-59-29-15-11-23-48(59)54(37-41)64(53)69/h1-38H,(H,65,66). The SMILES string of the molecule is C1=Nc2c(c3ccccc3c3ccccc23)C(c2ccc3c(c2)c2ccccc2n3-c2ccccc2)=Nc2ccc(-c3cc4c5ccccc5n5c6ccccc6c(c3)c45)cc2-c2ccccc2N1. The van der Waals surface area contributed by atoms with E-state index in [1.54, 1.807) is 0 Å². The van der Waals surface area contributed by atoms with E-state index >= 15 is 0 Å². The highest BCUT2D eigenvalue weighted by Crippen LogP contribution is 2.46. The van der Waals surface area contributed by atoms with Crippen LogP contribution >= 0.6 is 0 Å². The van der Waals surface area contributed by atoms with Crippen molar-refractivity contribution in [3.8, 4) is 27.9 Å². The van der Waals surface area contributed by atoms with Crippen LogP contribution in [0, 0.1) is 0 Å². The number of para-hydroxylation sites is 5. The number of anilines is 1. The average Bonchev–Trinajstić information content (AvgIpc) is 4.05. The average molecular weight is 878 g/mol. The lowest BCUT2D eigenvalue weighted by Crippen LogP contribution is -2.06. The van der Waals surface area contributed by atoms with Gasteiger partial charge in [0, 0.05) is 71.3 Å². The zero-order valence-corrected chi connectivity index (χ0v) is 37.2. The molecule has 5 heteroatoms. The van der Waals surface area contributed by atoms with Gasteiger partial charge in [-0.25, -0.2) is 9.98 Å². The van der Waals surface area contributed by atoms with Crippen molar-refractivity contribution < 1.29 is 0 Å². The van der Waals surface area contributed by atoms with E-state index in [2.05, 4.69) is 239 Å². The number of hydrogen-bond donors (Lipinski definition) is 1. The van der Waals surface area contributed by atoms with Crippen LogP contribution in [-0.2, 0) is 0 Å². The van der Waals surface area contributed by atoms with Gasteiger partial charge in [-0.3, -0.25) is 0 Å². The Morgan fingerprint density at radius 1 is 0.362 bits per heavy atom. The molecule has 320 valence electrons. The van der Waals surface area contributed by atoms with E-state index in [1.807, 2.05) is 6.34 Å². The summed E-state index contributed by atoms with van der Waals surface area (Å²) in [5.74, 6) is 0. The quantitative estimate of drug-likeness (QED) is 0.177. The molecule has 5 nitrogen and oxygen atoms in total. The molecule has 0 unspecified atom stereocenters. The van der Waals surface area contributed by atoms with Crippen LogP contribution in [0.1, 0.15) is 11.1 Å². The lowest BCUT2D eigenvalue weighted by molar-refractivity contribution is 1.18. The molecule has 15 rings (SSSR count). The summed E-state index contributed by atoms with van der Waals surface area (Å²) in [6, 6.07) is 81.3. The molecule has 3 aromatic heterocycles. The van der Waals surface area contributed by atoms with Crippen molar-refractivity contribution in [3.63, 3.8) is 0 Å². The van der Waals surface area contributed by atoms with Gasteiger partial charge < -0.3 is 14.3 Å². The number of hydrogen-bond acceptors (Lipinski definition) is 3. The van der Waals surface area contributed by atoms with Crippen molar-refractivity contribution in [2.75, 3.05) is 5.32 Å². The summed E-state index contributed by atoms with van der Waals surface area (Å²) < 4.78 is 4.81. The summed E-state index contributed by atoms with van der Waals surface area (Å²) in [6.07, 6.45) is 1.87. The van der Waals surface area contributed by atoms with Gasteiger partial charge in [-0.1, -0.05) is 152 Å². The van der Waals surface area contributed by atoms with Gasteiger partial charge in [0.25, 0.3) is 0 Å². The molecule has 14 aromatic rings. The summed E-state index contributed by atoms with van der Waals surface area (Å²) in [6.45, 7) is 0. The molecule has 0 saturated heterocycles. The Balaban J connectivity index is 1.04. The van der Waals surface area contributed by atoms with Crippen LogP contribution in [0.5, 0.6) is 0 Å². The van der Waals surface area contributed by atoms with E-state index in [0.717, 1.165) is 99.8 Å². The monoisotopic (exact) mass is 877 g/mol. The van der Waals surface area contributed by atoms with Crippen LogP contribution in [0.25, 0.3) is 109 Å². The molecule has 0 bridgehead atoms. The lowest BCUT2D eigenvalue weighted by Gasteiger charge is -2.18. The molecule has 0 saturated carbocycles. The lowest BCUT2D eigenvalue weighted by atomic mass is 9.89. The molecule has 1 aliphatic heterocycles. The molecule has 4 heterocycles. The molecular formula is C64H39N5. The third-order valence-electron chi connectivity index (χ3n) is 14.5. The molecule has 11 aromatic carbocycles. The van der Waals surface area contributed by atoms with Gasteiger partial charge in [0.15, 0.2) is 0 Å². The van der Waals surface area contributed by atoms with Gasteiger partial charge in [-0.05, 0) is 100 Å². The summed E-state index contributed by atoms with van der Waals surface area (Å²) in [7, 11) is 0. The van der Waals surface area contributed by atoms with E-state index in [-0.39, 0.29) is 0 Å². The largest absolute Gasteiger partial charge is 0.346 e. The van der Waals surface area contributed by atoms with Crippen molar-refractivity contribution in [2.45, 2.75) is 0 Å². The first kappa shape index (κ1) is 37.9. The van der Waals surface area contributed by atoms with E-state index in [1.165, 1.54) is 43.5 Å². The molecule has 69 heavy (non-hydrogen) atoms. The minimum Gasteiger partial charge on any atom is -0.346 e. The first-order valence-corrected chi connectivity index (χ1v) is 23.6. The smallest absolute Gasteiger partial charge is 0.0931 e. The molecule has 0 spiro atoms. The second kappa shape index (κ2) is 14.6. The van der Waals surface area contributed by atoms with Crippen molar-refractivity contribution in [1.82, 2.24) is 8.97 Å². The molecule has 1 aliphatic rings. The van der Waals surface area contributed by atoms with Crippen LogP contribution in [0.3, 0.4) is 0 Å². The number of benzene rings is 11. The maximum Gasteiger partial charge on any atom is 0.0931 e. The Kier molecular flexibility index (Phi) is 8.00. The van der Waals surface area contributed by atoms with E-state index in [0.29, 0.717) is 0 Å². The van der Waals surface area contributed by atoms with Crippen LogP contribution in [0.15, 0.2) is 234 Å². The highest BCUT2D eigenvalue weighted by Gasteiger charge is 2.25. The van der Waals surface area contributed by atoms with Crippen molar-refractivity contribution in [2.24, 2.45) is 9.98 Å². The van der Waals surface area contributed by atoms with E-state index in [9.17, 15) is 0 Å². The first-order chi connectivity index (χ1) is 34.2. The minimum absolute atomic E-state index is 0.856. The maximum absolute atomic E-state index is 5.96. The minimum atomic E-state index is 0.856. The first-order valence-electron chi connectivity index (χ1n) is 23.6. The van der Waals surface area contributed by atoms with Gasteiger partial charge in [0.1, 0.15) is 0 Å². The third-order valence-corrected chi connectivity index (χ3v) is 14.5. The number of nitrogens with zero attached hydrogens (tertiary/aromatic N) is 4. The fourth-order valence-corrected chi connectivity index (χ4v) is 11.5. The summed E-state index contributed by atoms with van der Waals surface area (Å²) in [5, 5.41) is 15.5. The Morgan fingerprint density at radius 3 is 1.65 bits per heavy atom. The molecule has 0 fully saturated rings. The Morgan fingerprint density at radius 2 is 0.913 bits per heavy atom. The predicted octanol–water partition coefficient (Wildman–Crippen LogP) is 16.8. The van der Waals surface area contributed by atoms with Gasteiger partial charge in [0.2, 0.25) is 0 Å². The van der Waals surface area contributed by atoms with Gasteiger partial charge in [0.05, 0.1) is 51.0 Å². The maximum atomic E-state index is 5.96. The molecule has 0 aliphatic carbocycles. The third kappa shape index (κ3) is 5.53. The Hall–Kier alpha value is -9.32. The van der Waals surface area contributed by atoms with E-state index < -0.39 is 0 Å². The second-order valence-corrected chi connectivity index (χ2v) is 18.2. The normalized spacial score (nSPS) is 12.8. The topological polar surface area (TPSA) is 46.1 Å².